The number of hydrogen-bond donors (Lipinski definition) is 0. The highest BCUT2D eigenvalue weighted by molar-refractivity contribution is 5.85. The molecule has 1 aromatic carbocycles. The van der Waals surface area contributed by atoms with E-state index in [-0.39, 0.29) is 5.78 Å². The Hall–Kier alpha value is -1.96. The van der Waals surface area contributed by atoms with Crippen molar-refractivity contribution < 1.29 is 23.8 Å². The number of nitrogens with zero attached hydrogens (tertiary/aromatic N) is 2. The van der Waals surface area contributed by atoms with Crippen molar-refractivity contribution >= 4 is 11.9 Å². The quantitative estimate of drug-likeness (QED) is 0.637. The van der Waals surface area contributed by atoms with Gasteiger partial charge in [0, 0.05) is 19.5 Å². The summed E-state index contributed by atoms with van der Waals surface area (Å²) < 4.78 is 17.3. The van der Waals surface area contributed by atoms with Gasteiger partial charge in [0.05, 0.1) is 19.3 Å². The lowest BCUT2D eigenvalue weighted by Gasteiger charge is -2.35. The maximum atomic E-state index is 13.3. The average Bonchev–Trinajstić information content (AvgIpc) is 2.98. The van der Waals surface area contributed by atoms with Crippen LogP contribution in [0.4, 0.5) is 4.79 Å². The second kappa shape index (κ2) is 10.3. The molecule has 32 heavy (non-hydrogen) atoms. The highest BCUT2D eigenvalue weighted by atomic mass is 16.6. The highest BCUT2D eigenvalue weighted by Crippen LogP contribution is 2.36. The first kappa shape index (κ1) is 24.7. The molecule has 178 valence electrons. The summed E-state index contributed by atoms with van der Waals surface area (Å²) in [6, 6.07) is 9.49. The zero-order valence-electron chi connectivity index (χ0n) is 20.1. The number of ketones is 1. The zero-order valence-corrected chi connectivity index (χ0v) is 20.1. The van der Waals surface area contributed by atoms with Gasteiger partial charge in [-0.1, -0.05) is 30.3 Å². The Morgan fingerprint density at radius 3 is 2.41 bits per heavy atom. The molecule has 2 saturated heterocycles. The Balaban J connectivity index is 1.74. The summed E-state index contributed by atoms with van der Waals surface area (Å²) in [6.07, 6.45) is 0.591. The lowest BCUT2D eigenvalue weighted by atomic mass is 9.96. The fourth-order valence-electron chi connectivity index (χ4n) is 4.43. The van der Waals surface area contributed by atoms with Crippen LogP contribution < -0.4 is 0 Å². The van der Waals surface area contributed by atoms with E-state index < -0.39 is 29.6 Å². The zero-order chi connectivity index (χ0) is 23.4. The second-order valence-electron chi connectivity index (χ2n) is 10.1. The molecule has 0 N–H and O–H groups in total. The summed E-state index contributed by atoms with van der Waals surface area (Å²) in [5.74, 6) is 0.0401. The van der Waals surface area contributed by atoms with E-state index in [1.54, 1.807) is 4.90 Å². The topological polar surface area (TPSA) is 68.3 Å². The number of carbonyl (C=O) groups excluding carboxylic acids is 2. The van der Waals surface area contributed by atoms with Gasteiger partial charge in [-0.3, -0.25) is 14.6 Å². The molecule has 1 aromatic rings. The van der Waals surface area contributed by atoms with Gasteiger partial charge in [0.25, 0.3) is 0 Å². The van der Waals surface area contributed by atoms with Crippen LogP contribution in [0.3, 0.4) is 0 Å². The van der Waals surface area contributed by atoms with Crippen LogP contribution in [0.25, 0.3) is 0 Å². The van der Waals surface area contributed by atoms with Crippen LogP contribution in [0, 0.1) is 0 Å². The van der Waals surface area contributed by atoms with E-state index in [0.717, 1.165) is 44.8 Å². The average molecular weight is 447 g/mol. The van der Waals surface area contributed by atoms with Crippen molar-refractivity contribution in [1.82, 2.24) is 9.80 Å². The lowest BCUT2D eigenvalue weighted by Crippen LogP contribution is -2.51. The summed E-state index contributed by atoms with van der Waals surface area (Å²) >= 11 is 0. The molecule has 0 radical (unpaired) electrons. The number of amides is 1. The number of carbonyl (C=O) groups is 2. The number of morpholine rings is 1. The molecule has 2 atom stereocenters. The third-order valence-corrected chi connectivity index (χ3v) is 5.87. The summed E-state index contributed by atoms with van der Waals surface area (Å²) in [6.45, 7) is 13.4. The van der Waals surface area contributed by atoms with Gasteiger partial charge in [0.15, 0.2) is 5.78 Å². The molecule has 0 aromatic heterocycles. The minimum absolute atomic E-state index is 0.0401. The predicted molar refractivity (Wildman–Crippen MR) is 122 cm³/mol. The minimum Gasteiger partial charge on any atom is -0.444 e. The Bertz CT molecular complexity index is 768. The fourth-order valence-corrected chi connectivity index (χ4v) is 4.43. The maximum absolute atomic E-state index is 13.3. The number of rotatable bonds is 7. The molecule has 2 aliphatic heterocycles. The molecule has 0 spiro atoms. The molecule has 0 aliphatic carbocycles. The number of Topliss-reactive ketones (excluding diaryl/α,β-unsaturated/α-hetero) is 1. The molecule has 0 bridgehead atoms. The molecule has 1 amide bonds. The molecule has 2 aliphatic rings. The fraction of sp³-hybridized carbons (Fsp3) is 0.680. The van der Waals surface area contributed by atoms with Gasteiger partial charge in [-0.05, 0) is 59.6 Å². The first-order chi connectivity index (χ1) is 15.1. The van der Waals surface area contributed by atoms with Gasteiger partial charge < -0.3 is 14.2 Å². The van der Waals surface area contributed by atoms with Crippen molar-refractivity contribution in [2.24, 2.45) is 0 Å². The largest absolute Gasteiger partial charge is 0.444 e. The van der Waals surface area contributed by atoms with Crippen molar-refractivity contribution in [3.8, 4) is 0 Å². The Morgan fingerprint density at radius 2 is 1.78 bits per heavy atom. The SMILES string of the molecule is CC(C)(C)OC(=O)N1C(Cc2ccccc2)C(C(=O)CCCN2CCOCC2)OC1(C)C. The van der Waals surface area contributed by atoms with Crippen molar-refractivity contribution in [2.45, 2.75) is 77.4 Å². The van der Waals surface area contributed by atoms with Crippen LogP contribution in [-0.2, 0) is 25.4 Å². The molecule has 7 heteroatoms. The molecular formula is C25H38N2O5. The standard InChI is InChI=1S/C25H38N2O5/c1-24(2,3)32-23(29)27-20(18-19-10-7-6-8-11-19)22(31-25(27,4)5)21(28)12-9-13-26-14-16-30-17-15-26/h6-8,10-11,20,22H,9,12-18H2,1-5H3. The van der Waals surface area contributed by atoms with Crippen LogP contribution in [0.1, 0.15) is 53.0 Å². The third kappa shape index (κ3) is 6.53. The normalized spacial score (nSPS) is 23.8. The minimum atomic E-state index is -0.938. The summed E-state index contributed by atoms with van der Waals surface area (Å²) in [4.78, 5) is 30.4. The molecular weight excluding hydrogens is 408 g/mol. The van der Waals surface area contributed by atoms with Crippen LogP contribution in [-0.4, -0.2) is 78.0 Å². The van der Waals surface area contributed by atoms with Crippen LogP contribution >= 0.6 is 0 Å². The molecule has 3 rings (SSSR count). The molecule has 2 heterocycles. The van der Waals surface area contributed by atoms with Gasteiger partial charge in [0.2, 0.25) is 0 Å². The maximum Gasteiger partial charge on any atom is 0.412 e. The molecule has 2 fully saturated rings. The monoisotopic (exact) mass is 446 g/mol. The van der Waals surface area contributed by atoms with Gasteiger partial charge >= 0.3 is 6.09 Å². The summed E-state index contributed by atoms with van der Waals surface area (Å²) in [5.41, 5.74) is -0.518. The van der Waals surface area contributed by atoms with Crippen molar-refractivity contribution in [1.29, 1.82) is 0 Å². The van der Waals surface area contributed by atoms with Crippen LogP contribution in [0.2, 0.25) is 0 Å². The number of benzene rings is 1. The highest BCUT2D eigenvalue weighted by Gasteiger charge is 2.53. The van der Waals surface area contributed by atoms with Crippen molar-refractivity contribution in [2.75, 3.05) is 32.8 Å². The van der Waals surface area contributed by atoms with Gasteiger partial charge in [-0.15, -0.1) is 0 Å². The van der Waals surface area contributed by atoms with E-state index in [1.165, 1.54) is 0 Å². The first-order valence-electron chi connectivity index (χ1n) is 11.6. The van der Waals surface area contributed by atoms with Crippen LogP contribution in [0.15, 0.2) is 30.3 Å². The second-order valence-corrected chi connectivity index (χ2v) is 10.1. The van der Waals surface area contributed by atoms with Crippen molar-refractivity contribution in [3.05, 3.63) is 35.9 Å². The Kier molecular flexibility index (Phi) is 7.96. The van der Waals surface area contributed by atoms with Gasteiger partial charge in [-0.2, -0.15) is 0 Å². The van der Waals surface area contributed by atoms with E-state index in [1.807, 2.05) is 65.0 Å². The smallest absolute Gasteiger partial charge is 0.412 e. The van der Waals surface area contributed by atoms with Crippen molar-refractivity contribution in [3.63, 3.8) is 0 Å². The van der Waals surface area contributed by atoms with Gasteiger partial charge in [0.1, 0.15) is 17.4 Å². The Morgan fingerprint density at radius 1 is 1.12 bits per heavy atom. The Labute approximate surface area is 192 Å². The first-order valence-corrected chi connectivity index (χ1v) is 11.6. The summed E-state index contributed by atoms with van der Waals surface area (Å²) in [7, 11) is 0. The van der Waals surface area contributed by atoms with E-state index >= 15 is 0 Å². The number of hydrogen-bond acceptors (Lipinski definition) is 6. The third-order valence-electron chi connectivity index (χ3n) is 5.87. The predicted octanol–water partition coefficient (Wildman–Crippen LogP) is 3.65. The lowest BCUT2D eigenvalue weighted by molar-refractivity contribution is -0.136. The van der Waals surface area contributed by atoms with Gasteiger partial charge in [-0.25, -0.2) is 4.79 Å². The van der Waals surface area contributed by atoms with E-state index in [9.17, 15) is 9.59 Å². The van der Waals surface area contributed by atoms with Crippen LogP contribution in [0.5, 0.6) is 0 Å². The number of ether oxygens (including phenoxy) is 3. The van der Waals surface area contributed by atoms with E-state index in [2.05, 4.69) is 4.90 Å². The van der Waals surface area contributed by atoms with E-state index in [4.69, 9.17) is 14.2 Å². The molecule has 0 saturated carbocycles. The summed E-state index contributed by atoms with van der Waals surface area (Å²) in [5, 5.41) is 0. The molecule has 2 unspecified atom stereocenters. The van der Waals surface area contributed by atoms with E-state index in [0.29, 0.717) is 12.8 Å². The molecule has 7 nitrogen and oxygen atoms in total.